The molecule has 0 saturated carbocycles. The molecule has 2 aliphatic heterocycles. The fraction of sp³-hybridized carbons (Fsp3) is 0.579. The molecule has 2 aliphatic rings. The van der Waals surface area contributed by atoms with Crippen molar-refractivity contribution in [3.8, 4) is 0 Å². The van der Waals surface area contributed by atoms with Crippen LogP contribution in [0.15, 0.2) is 18.2 Å². The quantitative estimate of drug-likeness (QED) is 0.780. The van der Waals surface area contributed by atoms with Gasteiger partial charge in [-0.05, 0) is 31.4 Å². The van der Waals surface area contributed by atoms with Crippen molar-refractivity contribution in [2.24, 2.45) is 0 Å². The number of hydrogen-bond donors (Lipinski definition) is 0. The van der Waals surface area contributed by atoms with Crippen molar-refractivity contribution >= 4 is 11.8 Å². The van der Waals surface area contributed by atoms with Crippen molar-refractivity contribution in [3.05, 3.63) is 35.4 Å². The molecule has 2 fully saturated rings. The van der Waals surface area contributed by atoms with Gasteiger partial charge in [0.25, 0.3) is 5.91 Å². The minimum Gasteiger partial charge on any atom is -0.381 e. The highest BCUT2D eigenvalue weighted by Crippen LogP contribution is 2.25. The van der Waals surface area contributed by atoms with E-state index in [1.54, 1.807) is 0 Å². The summed E-state index contributed by atoms with van der Waals surface area (Å²) in [7, 11) is 1.47. The molecule has 1 aromatic rings. The van der Waals surface area contributed by atoms with Gasteiger partial charge < -0.3 is 19.3 Å². The van der Waals surface area contributed by atoms with E-state index in [2.05, 4.69) is 0 Å². The number of carbonyl (C=O) groups excluding carboxylic acids is 2. The van der Waals surface area contributed by atoms with Gasteiger partial charge in [-0.25, -0.2) is 8.78 Å². The average Bonchev–Trinajstić information content (AvgIpc) is 3.12. The molecule has 1 unspecified atom stereocenters. The molecule has 2 saturated heterocycles. The Hall–Kier alpha value is -2.06. The van der Waals surface area contributed by atoms with Gasteiger partial charge in [0.1, 0.15) is 18.2 Å². The highest BCUT2D eigenvalue weighted by Gasteiger charge is 2.37. The molecule has 0 bridgehead atoms. The minimum absolute atomic E-state index is 0.0195. The third kappa shape index (κ3) is 4.44. The molecular formula is C19H24F2N2O4. The second kappa shape index (κ2) is 8.75. The minimum atomic E-state index is -0.875. The van der Waals surface area contributed by atoms with E-state index in [-0.39, 0.29) is 30.2 Å². The van der Waals surface area contributed by atoms with Crippen molar-refractivity contribution in [1.82, 2.24) is 9.80 Å². The van der Waals surface area contributed by atoms with E-state index in [0.29, 0.717) is 38.8 Å². The van der Waals surface area contributed by atoms with E-state index in [4.69, 9.17) is 9.47 Å². The summed E-state index contributed by atoms with van der Waals surface area (Å²) in [4.78, 5) is 28.6. The molecule has 0 aliphatic carbocycles. The second-order valence-corrected chi connectivity index (χ2v) is 6.90. The number of hydrogen-bond acceptors (Lipinski definition) is 4. The number of amides is 2. The number of methoxy groups -OCH3 is 1. The van der Waals surface area contributed by atoms with Crippen LogP contribution >= 0.6 is 0 Å². The first-order valence-corrected chi connectivity index (χ1v) is 9.13. The summed E-state index contributed by atoms with van der Waals surface area (Å²) >= 11 is 0. The van der Waals surface area contributed by atoms with Gasteiger partial charge in [0.05, 0.1) is 11.6 Å². The van der Waals surface area contributed by atoms with Gasteiger partial charge >= 0.3 is 0 Å². The lowest BCUT2D eigenvalue weighted by Crippen LogP contribution is -2.51. The van der Waals surface area contributed by atoms with Gasteiger partial charge in [-0.1, -0.05) is 0 Å². The lowest BCUT2D eigenvalue weighted by atomic mass is 10.0. The molecule has 0 spiro atoms. The predicted molar refractivity (Wildman–Crippen MR) is 93.2 cm³/mol. The number of benzene rings is 1. The SMILES string of the molecule is COCC(=O)N(C1CCOCC1)C1CCN(C(=O)c2ccc(F)cc2F)C1. The normalized spacial score (nSPS) is 20.7. The van der Waals surface area contributed by atoms with Crippen molar-refractivity contribution < 1.29 is 27.8 Å². The predicted octanol–water partition coefficient (Wildman–Crippen LogP) is 1.83. The Labute approximate surface area is 157 Å². The second-order valence-electron chi connectivity index (χ2n) is 6.90. The van der Waals surface area contributed by atoms with Crippen LogP contribution in [0.3, 0.4) is 0 Å². The van der Waals surface area contributed by atoms with Gasteiger partial charge in [-0.3, -0.25) is 9.59 Å². The summed E-state index contributed by atoms with van der Waals surface area (Å²) in [5.74, 6) is -2.20. The van der Waals surface area contributed by atoms with Crippen LogP contribution in [0.5, 0.6) is 0 Å². The van der Waals surface area contributed by atoms with Crippen molar-refractivity contribution in [3.63, 3.8) is 0 Å². The van der Waals surface area contributed by atoms with Crippen LogP contribution < -0.4 is 0 Å². The lowest BCUT2D eigenvalue weighted by molar-refractivity contribution is -0.142. The Balaban J connectivity index is 1.73. The Morgan fingerprint density at radius 1 is 1.22 bits per heavy atom. The highest BCUT2D eigenvalue weighted by atomic mass is 19.1. The third-order valence-electron chi connectivity index (χ3n) is 5.15. The highest BCUT2D eigenvalue weighted by molar-refractivity contribution is 5.94. The fourth-order valence-electron chi connectivity index (χ4n) is 3.85. The zero-order valence-corrected chi connectivity index (χ0v) is 15.3. The van der Waals surface area contributed by atoms with Gasteiger partial charge in [0, 0.05) is 45.5 Å². The van der Waals surface area contributed by atoms with E-state index >= 15 is 0 Å². The van der Waals surface area contributed by atoms with Gasteiger partial charge in [0.2, 0.25) is 5.91 Å². The maximum atomic E-state index is 13.9. The standard InChI is InChI=1S/C19H24F2N2O4/c1-26-12-18(24)23(14-5-8-27-9-6-14)15-4-7-22(11-15)19(25)16-3-2-13(20)10-17(16)21/h2-3,10,14-15H,4-9,11-12H2,1H3. The van der Waals surface area contributed by atoms with Gasteiger partial charge in [-0.15, -0.1) is 0 Å². The van der Waals surface area contributed by atoms with Crippen LogP contribution in [-0.4, -0.2) is 73.7 Å². The molecule has 0 radical (unpaired) electrons. The molecule has 1 atom stereocenters. The molecule has 2 heterocycles. The van der Waals surface area contributed by atoms with E-state index in [0.717, 1.165) is 25.0 Å². The first-order chi connectivity index (χ1) is 13.0. The summed E-state index contributed by atoms with van der Waals surface area (Å²) in [5.41, 5.74) is -0.155. The molecular weight excluding hydrogens is 358 g/mol. The van der Waals surface area contributed by atoms with Crippen molar-refractivity contribution in [1.29, 1.82) is 0 Å². The number of ether oxygens (including phenoxy) is 2. The molecule has 6 nitrogen and oxygen atoms in total. The molecule has 0 N–H and O–H groups in total. The maximum Gasteiger partial charge on any atom is 0.256 e. The Morgan fingerprint density at radius 3 is 2.63 bits per heavy atom. The summed E-state index contributed by atoms with van der Waals surface area (Å²) < 4.78 is 37.4. The zero-order valence-electron chi connectivity index (χ0n) is 15.3. The third-order valence-corrected chi connectivity index (χ3v) is 5.15. The monoisotopic (exact) mass is 382 g/mol. The van der Waals surface area contributed by atoms with E-state index in [1.807, 2.05) is 4.90 Å². The first-order valence-electron chi connectivity index (χ1n) is 9.13. The van der Waals surface area contributed by atoms with E-state index < -0.39 is 17.5 Å². The molecule has 2 amide bonds. The molecule has 3 rings (SSSR count). The van der Waals surface area contributed by atoms with E-state index in [1.165, 1.54) is 12.0 Å². The van der Waals surface area contributed by atoms with Crippen molar-refractivity contribution in [2.45, 2.75) is 31.3 Å². The smallest absolute Gasteiger partial charge is 0.256 e. The largest absolute Gasteiger partial charge is 0.381 e. The molecule has 1 aromatic carbocycles. The topological polar surface area (TPSA) is 59.1 Å². The fourth-order valence-corrected chi connectivity index (χ4v) is 3.85. The Morgan fingerprint density at radius 2 is 1.96 bits per heavy atom. The number of likely N-dealkylation sites (tertiary alicyclic amines) is 1. The molecule has 0 aromatic heterocycles. The van der Waals surface area contributed by atoms with Crippen LogP contribution in [0.25, 0.3) is 0 Å². The van der Waals surface area contributed by atoms with Gasteiger partial charge in [0.15, 0.2) is 0 Å². The number of nitrogens with zero attached hydrogens (tertiary/aromatic N) is 2. The summed E-state index contributed by atoms with van der Waals surface area (Å²) in [6, 6.07) is 2.83. The Bertz CT molecular complexity index is 694. The summed E-state index contributed by atoms with van der Waals surface area (Å²) in [6.45, 7) is 1.91. The molecule has 8 heteroatoms. The maximum absolute atomic E-state index is 13.9. The van der Waals surface area contributed by atoms with Crippen LogP contribution in [0, 0.1) is 11.6 Å². The van der Waals surface area contributed by atoms with E-state index in [9.17, 15) is 18.4 Å². The number of carbonyl (C=O) groups is 2. The number of rotatable bonds is 5. The lowest BCUT2D eigenvalue weighted by Gasteiger charge is -2.38. The average molecular weight is 382 g/mol. The zero-order chi connectivity index (χ0) is 19.4. The summed E-state index contributed by atoms with van der Waals surface area (Å²) in [5, 5.41) is 0. The number of halogens is 2. The van der Waals surface area contributed by atoms with Crippen LogP contribution in [0.4, 0.5) is 8.78 Å². The molecule has 148 valence electrons. The Kier molecular flexibility index (Phi) is 6.38. The first kappa shape index (κ1) is 19.7. The van der Waals surface area contributed by atoms with Crippen LogP contribution in [-0.2, 0) is 14.3 Å². The van der Waals surface area contributed by atoms with Crippen LogP contribution in [0.1, 0.15) is 29.6 Å². The van der Waals surface area contributed by atoms with Crippen molar-refractivity contribution in [2.75, 3.05) is 40.0 Å². The molecule has 27 heavy (non-hydrogen) atoms. The van der Waals surface area contributed by atoms with Gasteiger partial charge in [-0.2, -0.15) is 0 Å². The summed E-state index contributed by atoms with van der Waals surface area (Å²) in [6.07, 6.45) is 2.10. The van der Waals surface area contributed by atoms with Crippen LogP contribution in [0.2, 0.25) is 0 Å².